The van der Waals surface area contributed by atoms with Gasteiger partial charge in [-0.2, -0.15) is 4.98 Å². The van der Waals surface area contributed by atoms with E-state index in [4.69, 9.17) is 29.7 Å². The minimum absolute atomic E-state index is 0.0196. The van der Waals surface area contributed by atoms with Crippen LogP contribution in [0.5, 0.6) is 0 Å². The minimum atomic E-state index is -4.65. The second kappa shape index (κ2) is 5.39. The van der Waals surface area contributed by atoms with E-state index in [1.54, 1.807) is 0 Å². The Hall–Kier alpha value is -1.33. The average Bonchev–Trinajstić information content (AvgIpc) is 2.97. The van der Waals surface area contributed by atoms with E-state index < -0.39 is 50.5 Å². The van der Waals surface area contributed by atoms with Gasteiger partial charge in [-0.1, -0.05) is 0 Å². The van der Waals surface area contributed by atoms with Crippen LogP contribution in [0.25, 0.3) is 0 Å². The van der Waals surface area contributed by atoms with Crippen LogP contribution in [0, 0.1) is 0 Å². The summed E-state index contributed by atoms with van der Waals surface area (Å²) < 4.78 is 28.1. The van der Waals surface area contributed by atoms with Crippen LogP contribution in [0.15, 0.2) is 17.1 Å². The molecule has 3 rings (SSSR count). The van der Waals surface area contributed by atoms with Crippen LogP contribution >= 0.6 is 7.60 Å². The zero-order valence-corrected chi connectivity index (χ0v) is 11.9. The summed E-state index contributed by atoms with van der Waals surface area (Å²) >= 11 is 0. The van der Waals surface area contributed by atoms with Crippen molar-refractivity contribution >= 4 is 13.4 Å². The summed E-state index contributed by atoms with van der Waals surface area (Å²) in [7, 11) is -4.65. The molecular formula is C10H14N3O8P. The van der Waals surface area contributed by atoms with Crippen LogP contribution in [0.4, 0.5) is 5.82 Å². The quantitative estimate of drug-likeness (QED) is 0.452. The van der Waals surface area contributed by atoms with Crippen molar-refractivity contribution in [2.45, 2.75) is 30.6 Å². The van der Waals surface area contributed by atoms with Crippen LogP contribution in [-0.4, -0.2) is 55.4 Å². The van der Waals surface area contributed by atoms with Gasteiger partial charge >= 0.3 is 13.3 Å². The van der Waals surface area contributed by atoms with Crippen LogP contribution in [0.1, 0.15) is 6.23 Å². The Morgan fingerprint density at radius 1 is 1.32 bits per heavy atom. The lowest BCUT2D eigenvalue weighted by molar-refractivity contribution is -0.130. The molecule has 0 unspecified atom stereocenters. The lowest BCUT2D eigenvalue weighted by Crippen LogP contribution is -2.34. The number of rotatable bonds is 3. The maximum absolute atomic E-state index is 11.9. The lowest BCUT2D eigenvalue weighted by atomic mass is 10.1. The first kappa shape index (κ1) is 15.6. The molecule has 0 spiro atoms. The zero-order chi connectivity index (χ0) is 16.1. The third-order valence-corrected chi connectivity index (χ3v) is 4.21. The highest BCUT2D eigenvalue weighted by atomic mass is 31.2. The SMILES string of the molecule is Nc1ccn([C@@H]2O[C@H](CO)[C@H]3O[C@H](P(=O)(O)O)O[C@H]32)c(=O)n1. The fraction of sp³-hybridized carbons (Fsp3) is 0.600. The standard InChI is InChI=1S/C10H14N3O8P/c11-5-1-2-13(9(15)12-5)8-7-6(4(3-14)19-8)20-10(21-7)22(16,17)18/h1-2,4,6-8,10,14H,3H2,(H2,11,12,15)(H2,16,17,18)/t4-,6-,7-,8-,10+/m1/s1. The fourth-order valence-corrected chi connectivity index (χ4v) is 3.07. The van der Waals surface area contributed by atoms with Crippen LogP contribution in [-0.2, 0) is 18.8 Å². The number of fused-ring (bicyclic) bond motifs is 1. The largest absolute Gasteiger partial charge is 0.394 e. The Labute approximate surface area is 123 Å². The number of nitrogens with two attached hydrogens (primary N) is 1. The maximum atomic E-state index is 11.9. The van der Waals surface area contributed by atoms with Crippen molar-refractivity contribution in [3.05, 3.63) is 22.7 Å². The molecule has 0 amide bonds. The van der Waals surface area contributed by atoms with Gasteiger partial charge in [0, 0.05) is 6.20 Å². The Bertz CT molecular complexity index is 674. The van der Waals surface area contributed by atoms with Gasteiger partial charge in [0.2, 0.25) is 0 Å². The lowest BCUT2D eigenvalue weighted by Gasteiger charge is -2.21. The molecule has 0 aromatic carbocycles. The molecule has 22 heavy (non-hydrogen) atoms. The van der Waals surface area contributed by atoms with Gasteiger partial charge in [0.05, 0.1) is 6.61 Å². The minimum Gasteiger partial charge on any atom is -0.394 e. The number of anilines is 1. The Kier molecular flexibility index (Phi) is 3.81. The van der Waals surface area contributed by atoms with Crippen molar-refractivity contribution < 1.29 is 33.7 Å². The Morgan fingerprint density at radius 2 is 2.00 bits per heavy atom. The van der Waals surface area contributed by atoms with Gasteiger partial charge in [-0.05, 0) is 6.07 Å². The molecule has 0 aliphatic carbocycles. The number of hydrogen-bond acceptors (Lipinski definition) is 8. The molecule has 12 heteroatoms. The fourth-order valence-electron chi connectivity index (χ4n) is 2.47. The summed E-state index contributed by atoms with van der Waals surface area (Å²) in [4.78, 5) is 33.7. The molecule has 3 heterocycles. The summed E-state index contributed by atoms with van der Waals surface area (Å²) in [6.07, 6.45) is -2.51. The van der Waals surface area contributed by atoms with Gasteiger partial charge in [0.1, 0.15) is 24.1 Å². The normalized spacial score (nSPS) is 34.8. The number of aromatic nitrogens is 2. The smallest absolute Gasteiger partial charge is 0.381 e. The molecule has 0 saturated carbocycles. The average molecular weight is 335 g/mol. The monoisotopic (exact) mass is 335 g/mol. The number of ether oxygens (including phenoxy) is 3. The molecular weight excluding hydrogens is 321 g/mol. The van der Waals surface area contributed by atoms with Crippen molar-refractivity contribution in [3.8, 4) is 0 Å². The summed E-state index contributed by atoms with van der Waals surface area (Å²) in [5, 5.41) is 9.30. The maximum Gasteiger partial charge on any atom is 0.381 e. The van der Waals surface area contributed by atoms with E-state index in [-0.39, 0.29) is 5.82 Å². The summed E-state index contributed by atoms with van der Waals surface area (Å²) in [6.45, 7) is -0.466. The van der Waals surface area contributed by atoms with Crippen molar-refractivity contribution in [1.82, 2.24) is 9.55 Å². The molecule has 5 N–H and O–H groups in total. The molecule has 0 bridgehead atoms. The van der Waals surface area contributed by atoms with Crippen LogP contribution in [0.3, 0.4) is 0 Å². The molecule has 2 fully saturated rings. The molecule has 1 aromatic heterocycles. The van der Waals surface area contributed by atoms with E-state index in [0.29, 0.717) is 0 Å². The van der Waals surface area contributed by atoms with Gasteiger partial charge < -0.3 is 34.8 Å². The molecule has 0 radical (unpaired) electrons. The Balaban J connectivity index is 1.93. The second-order valence-corrected chi connectivity index (χ2v) is 6.49. The van der Waals surface area contributed by atoms with Gasteiger partial charge in [-0.3, -0.25) is 9.13 Å². The number of hydrogen-bond donors (Lipinski definition) is 4. The predicted molar refractivity (Wildman–Crippen MR) is 69.5 cm³/mol. The third kappa shape index (κ3) is 2.57. The third-order valence-electron chi connectivity index (χ3n) is 3.41. The number of aliphatic hydroxyl groups is 1. The summed E-state index contributed by atoms with van der Waals surface area (Å²) in [6, 6.07) is -0.400. The molecule has 2 saturated heterocycles. The van der Waals surface area contributed by atoms with Crippen molar-refractivity contribution in [3.63, 3.8) is 0 Å². The van der Waals surface area contributed by atoms with E-state index in [2.05, 4.69) is 4.98 Å². The van der Waals surface area contributed by atoms with Gasteiger partial charge in [0.25, 0.3) is 6.03 Å². The number of aliphatic hydroxyl groups excluding tert-OH is 1. The number of nitrogens with zero attached hydrogens (tertiary/aromatic N) is 2. The first-order valence-electron chi connectivity index (χ1n) is 6.28. The highest BCUT2D eigenvalue weighted by Gasteiger charge is 2.57. The topological polar surface area (TPSA) is 166 Å². The van der Waals surface area contributed by atoms with Crippen molar-refractivity contribution in [2.24, 2.45) is 0 Å². The van der Waals surface area contributed by atoms with Crippen molar-refractivity contribution in [2.75, 3.05) is 12.3 Å². The number of nitrogen functional groups attached to an aromatic ring is 1. The van der Waals surface area contributed by atoms with Crippen molar-refractivity contribution in [1.29, 1.82) is 0 Å². The van der Waals surface area contributed by atoms with E-state index in [1.807, 2.05) is 0 Å². The highest BCUT2D eigenvalue weighted by Crippen LogP contribution is 2.51. The first-order chi connectivity index (χ1) is 10.3. The van der Waals surface area contributed by atoms with Crippen LogP contribution < -0.4 is 11.4 Å². The summed E-state index contributed by atoms with van der Waals surface area (Å²) in [5.41, 5.74) is 4.68. The van der Waals surface area contributed by atoms with E-state index in [0.717, 1.165) is 4.57 Å². The molecule has 1 aromatic rings. The van der Waals surface area contributed by atoms with Crippen LogP contribution in [0.2, 0.25) is 0 Å². The first-order valence-corrected chi connectivity index (χ1v) is 7.96. The molecule has 2 aliphatic rings. The second-order valence-electron chi connectivity index (χ2n) is 4.89. The molecule has 11 nitrogen and oxygen atoms in total. The van der Waals surface area contributed by atoms with E-state index >= 15 is 0 Å². The zero-order valence-electron chi connectivity index (χ0n) is 11.1. The summed E-state index contributed by atoms with van der Waals surface area (Å²) in [5.74, 6) is 0.0196. The van der Waals surface area contributed by atoms with Gasteiger partial charge in [-0.25, -0.2) is 4.79 Å². The highest BCUT2D eigenvalue weighted by molar-refractivity contribution is 7.52. The van der Waals surface area contributed by atoms with E-state index in [9.17, 15) is 14.5 Å². The van der Waals surface area contributed by atoms with Gasteiger partial charge in [0.15, 0.2) is 6.23 Å². The van der Waals surface area contributed by atoms with Gasteiger partial charge in [-0.15, -0.1) is 0 Å². The Morgan fingerprint density at radius 3 is 2.59 bits per heavy atom. The predicted octanol–water partition coefficient (Wildman–Crippen LogP) is -2.04. The molecule has 2 aliphatic heterocycles. The molecule has 122 valence electrons. The molecule has 5 atom stereocenters. The van der Waals surface area contributed by atoms with E-state index in [1.165, 1.54) is 12.3 Å².